The molecule has 0 amide bonds. The molecule has 2 aliphatic rings. The summed E-state index contributed by atoms with van der Waals surface area (Å²) in [4.78, 5) is 5.76. The Morgan fingerprint density at radius 2 is 1.33 bits per heavy atom. The van der Waals surface area contributed by atoms with Crippen LogP contribution >= 0.6 is 0 Å². The first-order valence-corrected chi connectivity index (χ1v) is 11.2. The molecule has 27 heavy (non-hydrogen) atoms. The monoisotopic (exact) mass is 371 g/mol. The Labute approximate surface area is 167 Å². The molecule has 152 valence electrons. The Balaban J connectivity index is 1.67. The van der Waals surface area contributed by atoms with Crippen LogP contribution in [0.2, 0.25) is 0 Å². The molecule has 0 radical (unpaired) electrons. The minimum absolute atomic E-state index is 0.0531. The minimum atomic E-state index is 0.0531. The van der Waals surface area contributed by atoms with E-state index in [4.69, 9.17) is 4.84 Å². The number of rotatable bonds is 5. The molecule has 3 rings (SSSR count). The molecule has 1 aliphatic heterocycles. The molecule has 1 saturated carbocycles. The van der Waals surface area contributed by atoms with Crippen LogP contribution in [-0.2, 0) is 4.84 Å². The fourth-order valence-corrected chi connectivity index (χ4v) is 6.23. The Morgan fingerprint density at radius 3 is 1.78 bits per heavy atom. The van der Waals surface area contributed by atoms with E-state index in [2.05, 4.69) is 63.9 Å². The van der Waals surface area contributed by atoms with E-state index < -0.39 is 0 Å². The van der Waals surface area contributed by atoms with Crippen molar-refractivity contribution in [3.05, 3.63) is 35.4 Å². The highest BCUT2D eigenvalue weighted by atomic mass is 16.7. The normalized spacial score (nSPS) is 29.0. The molecule has 0 N–H and O–H groups in total. The van der Waals surface area contributed by atoms with Crippen molar-refractivity contribution in [2.24, 2.45) is 5.92 Å². The van der Waals surface area contributed by atoms with Crippen molar-refractivity contribution >= 4 is 0 Å². The summed E-state index contributed by atoms with van der Waals surface area (Å²) < 4.78 is 0. The maximum atomic E-state index is 5.76. The van der Waals surface area contributed by atoms with Crippen LogP contribution in [0.1, 0.15) is 109 Å². The quantitative estimate of drug-likeness (QED) is 0.549. The fraction of sp³-hybridized carbons (Fsp3) is 0.760. The fourth-order valence-electron chi connectivity index (χ4n) is 6.23. The average Bonchev–Trinajstić information content (AvgIpc) is 2.61. The first kappa shape index (κ1) is 20.9. The van der Waals surface area contributed by atoms with Gasteiger partial charge in [0.2, 0.25) is 0 Å². The number of hydrogen-bond donors (Lipinski definition) is 0. The van der Waals surface area contributed by atoms with Gasteiger partial charge in [-0.3, -0.25) is 0 Å². The van der Waals surface area contributed by atoms with Gasteiger partial charge in [0.15, 0.2) is 0 Å². The highest BCUT2D eigenvalue weighted by Gasteiger charge is 2.46. The van der Waals surface area contributed by atoms with E-state index in [-0.39, 0.29) is 11.1 Å². The Kier molecular flexibility index (Phi) is 6.37. The lowest BCUT2D eigenvalue weighted by Gasteiger charge is -2.53. The summed E-state index contributed by atoms with van der Waals surface area (Å²) >= 11 is 0. The van der Waals surface area contributed by atoms with Crippen LogP contribution in [0.15, 0.2) is 24.3 Å². The standard InChI is InChI=1S/C25H41NO/c1-7-8-19-9-11-20(12-10-19)21-13-15-22(16-14-21)23-17-24(2,3)26(27-6)25(4,5)18-23/h13-16,19-20,23H,7-12,17-18H2,1-6H3. The zero-order chi connectivity index (χ0) is 19.7. The van der Waals surface area contributed by atoms with Crippen molar-refractivity contribution in [2.45, 2.75) is 109 Å². The Bertz CT molecular complexity index is 577. The molecular weight excluding hydrogens is 330 g/mol. The molecule has 1 aromatic carbocycles. The summed E-state index contributed by atoms with van der Waals surface area (Å²) in [5.74, 6) is 2.38. The highest BCUT2D eigenvalue weighted by Crippen LogP contribution is 2.46. The molecule has 1 aromatic rings. The molecule has 0 aromatic heterocycles. The predicted octanol–water partition coefficient (Wildman–Crippen LogP) is 7.06. The van der Waals surface area contributed by atoms with E-state index in [1.807, 2.05) is 7.11 Å². The van der Waals surface area contributed by atoms with Gasteiger partial charge in [-0.05, 0) is 95.1 Å². The van der Waals surface area contributed by atoms with Crippen molar-refractivity contribution in [1.82, 2.24) is 5.06 Å². The molecular formula is C25H41NO. The second-order valence-corrected chi connectivity index (χ2v) is 10.4. The van der Waals surface area contributed by atoms with E-state index in [0.29, 0.717) is 5.92 Å². The van der Waals surface area contributed by atoms with Crippen LogP contribution in [0.3, 0.4) is 0 Å². The molecule has 2 heteroatoms. The van der Waals surface area contributed by atoms with E-state index in [1.165, 1.54) is 44.1 Å². The van der Waals surface area contributed by atoms with Gasteiger partial charge in [-0.25, -0.2) is 0 Å². The van der Waals surface area contributed by atoms with Gasteiger partial charge in [-0.2, -0.15) is 5.06 Å². The summed E-state index contributed by atoms with van der Waals surface area (Å²) in [6.07, 6.45) is 10.7. The Morgan fingerprint density at radius 1 is 0.852 bits per heavy atom. The van der Waals surface area contributed by atoms with Gasteiger partial charge >= 0.3 is 0 Å². The summed E-state index contributed by atoms with van der Waals surface area (Å²) in [6, 6.07) is 9.71. The molecule has 2 nitrogen and oxygen atoms in total. The average molecular weight is 372 g/mol. The molecule has 0 unspecified atom stereocenters. The smallest absolute Gasteiger partial charge is 0.0575 e. The van der Waals surface area contributed by atoms with Crippen molar-refractivity contribution in [2.75, 3.05) is 7.11 Å². The second kappa shape index (κ2) is 8.25. The minimum Gasteiger partial charge on any atom is -0.301 e. The van der Waals surface area contributed by atoms with E-state index in [9.17, 15) is 0 Å². The first-order chi connectivity index (χ1) is 12.8. The zero-order valence-electron chi connectivity index (χ0n) is 18.6. The molecule has 0 spiro atoms. The van der Waals surface area contributed by atoms with Gasteiger partial charge in [-0.1, -0.05) is 44.0 Å². The first-order valence-electron chi connectivity index (χ1n) is 11.2. The van der Waals surface area contributed by atoms with E-state index >= 15 is 0 Å². The van der Waals surface area contributed by atoms with Crippen molar-refractivity contribution < 1.29 is 4.84 Å². The summed E-state index contributed by atoms with van der Waals surface area (Å²) in [6.45, 7) is 11.6. The Hall–Kier alpha value is -0.860. The number of piperidine rings is 1. The molecule has 0 bridgehead atoms. The van der Waals surface area contributed by atoms with Crippen LogP contribution in [0.4, 0.5) is 0 Å². The van der Waals surface area contributed by atoms with Gasteiger partial charge in [0.1, 0.15) is 0 Å². The number of hydrogen-bond acceptors (Lipinski definition) is 2. The zero-order valence-corrected chi connectivity index (χ0v) is 18.6. The number of hydroxylamine groups is 2. The molecule has 1 saturated heterocycles. The lowest BCUT2D eigenvalue weighted by Crippen LogP contribution is -2.59. The number of benzene rings is 1. The second-order valence-electron chi connectivity index (χ2n) is 10.4. The van der Waals surface area contributed by atoms with Crippen LogP contribution < -0.4 is 0 Å². The maximum Gasteiger partial charge on any atom is 0.0575 e. The van der Waals surface area contributed by atoms with Gasteiger partial charge in [0.05, 0.1) is 7.11 Å². The van der Waals surface area contributed by atoms with E-state index in [0.717, 1.165) is 24.7 Å². The third kappa shape index (κ3) is 4.59. The van der Waals surface area contributed by atoms with Crippen molar-refractivity contribution in [3.8, 4) is 0 Å². The predicted molar refractivity (Wildman–Crippen MR) is 115 cm³/mol. The van der Waals surface area contributed by atoms with Gasteiger partial charge in [0, 0.05) is 11.1 Å². The van der Waals surface area contributed by atoms with Crippen LogP contribution in [0.25, 0.3) is 0 Å². The highest BCUT2D eigenvalue weighted by molar-refractivity contribution is 5.29. The maximum absolute atomic E-state index is 5.76. The lowest BCUT2D eigenvalue weighted by atomic mass is 9.72. The lowest BCUT2D eigenvalue weighted by molar-refractivity contribution is -0.266. The van der Waals surface area contributed by atoms with Gasteiger partial charge in [-0.15, -0.1) is 0 Å². The summed E-state index contributed by atoms with van der Waals surface area (Å²) in [5, 5.41) is 2.21. The molecule has 1 heterocycles. The SMILES string of the molecule is CCCC1CCC(c2ccc(C3CC(C)(C)N(OC)C(C)(C)C3)cc2)CC1. The van der Waals surface area contributed by atoms with E-state index in [1.54, 1.807) is 5.56 Å². The summed E-state index contributed by atoms with van der Waals surface area (Å²) in [7, 11) is 1.81. The molecule has 1 aliphatic carbocycles. The van der Waals surface area contributed by atoms with Crippen molar-refractivity contribution in [1.29, 1.82) is 0 Å². The molecule has 0 atom stereocenters. The number of nitrogens with zero attached hydrogens (tertiary/aromatic N) is 1. The topological polar surface area (TPSA) is 12.5 Å². The third-order valence-electron chi connectivity index (χ3n) is 7.20. The summed E-state index contributed by atoms with van der Waals surface area (Å²) in [5.41, 5.74) is 3.19. The largest absolute Gasteiger partial charge is 0.301 e. The van der Waals surface area contributed by atoms with Crippen LogP contribution in [0.5, 0.6) is 0 Å². The van der Waals surface area contributed by atoms with Crippen LogP contribution in [-0.4, -0.2) is 23.3 Å². The molecule has 2 fully saturated rings. The van der Waals surface area contributed by atoms with Gasteiger partial charge < -0.3 is 4.84 Å². The van der Waals surface area contributed by atoms with Crippen molar-refractivity contribution in [3.63, 3.8) is 0 Å². The van der Waals surface area contributed by atoms with Gasteiger partial charge in [0.25, 0.3) is 0 Å². The third-order valence-corrected chi connectivity index (χ3v) is 7.20. The van der Waals surface area contributed by atoms with Crippen LogP contribution in [0, 0.1) is 5.92 Å².